The molecule has 9 rings (SSSR count). The van der Waals surface area contributed by atoms with Crippen molar-refractivity contribution in [2.45, 2.75) is 168 Å². The Morgan fingerprint density at radius 2 is 1.68 bits per heavy atom. The minimum atomic E-state index is -0.897. The smallest absolute Gasteiger partial charge is 0.170 e. The molecule has 13 atom stereocenters. The van der Waals surface area contributed by atoms with Crippen LogP contribution in [0.5, 0.6) is 0 Å². The zero-order valence-electron chi connectivity index (χ0n) is 32.8. The molecule has 0 aromatic carbocycles. The lowest BCUT2D eigenvalue weighted by atomic mass is 9.46. The van der Waals surface area contributed by atoms with Gasteiger partial charge in [0.25, 0.3) is 0 Å². The number of aliphatic hydroxyl groups is 1. The van der Waals surface area contributed by atoms with E-state index in [2.05, 4.69) is 37.5 Å². The summed E-state index contributed by atoms with van der Waals surface area (Å²) in [5.74, 6) is 4.61. The average Bonchev–Trinajstić information content (AvgIpc) is 3.40. The van der Waals surface area contributed by atoms with Gasteiger partial charge in [0.15, 0.2) is 6.29 Å². The Morgan fingerprint density at radius 3 is 2.40 bits per heavy atom. The molecule has 0 aromatic rings. The Balaban J connectivity index is 0.859. The van der Waals surface area contributed by atoms with Gasteiger partial charge in [-0.15, -0.1) is 0 Å². The molecule has 50 heavy (non-hydrogen) atoms. The van der Waals surface area contributed by atoms with Gasteiger partial charge in [0.2, 0.25) is 0 Å². The fraction of sp³-hybridized carbons (Fsp3) is 1.00. The molecule has 284 valence electrons. The minimum absolute atomic E-state index is 0.00679. The van der Waals surface area contributed by atoms with Crippen LogP contribution in [0.15, 0.2) is 0 Å². The number of hydrogen-bond acceptors (Lipinski definition) is 7. The number of hydrogen-bond donors (Lipinski definition) is 1. The lowest BCUT2D eigenvalue weighted by Gasteiger charge is -2.60. The predicted octanol–water partition coefficient (Wildman–Crippen LogP) is 7.14. The van der Waals surface area contributed by atoms with Crippen molar-refractivity contribution in [3.05, 3.63) is 0 Å². The van der Waals surface area contributed by atoms with Crippen LogP contribution < -0.4 is 0 Å². The lowest BCUT2D eigenvalue weighted by molar-refractivity contribution is -0.246. The highest BCUT2D eigenvalue weighted by atomic mass is 16.7. The van der Waals surface area contributed by atoms with Crippen LogP contribution in [0.3, 0.4) is 0 Å². The van der Waals surface area contributed by atoms with Crippen molar-refractivity contribution in [1.82, 2.24) is 9.80 Å². The fourth-order valence-corrected chi connectivity index (χ4v) is 15.7. The van der Waals surface area contributed by atoms with E-state index in [1.807, 2.05) is 20.8 Å². The second-order valence-corrected chi connectivity index (χ2v) is 20.8. The van der Waals surface area contributed by atoms with Crippen LogP contribution in [-0.4, -0.2) is 103 Å². The van der Waals surface area contributed by atoms with Gasteiger partial charge in [-0.3, -0.25) is 9.80 Å². The first-order valence-corrected chi connectivity index (χ1v) is 21.6. The summed E-state index contributed by atoms with van der Waals surface area (Å²) in [6.07, 6.45) is 16.0. The number of likely N-dealkylation sites (tertiary alicyclic amines) is 1. The summed E-state index contributed by atoms with van der Waals surface area (Å²) in [7, 11) is 0. The van der Waals surface area contributed by atoms with E-state index in [4.69, 9.17) is 18.9 Å². The summed E-state index contributed by atoms with van der Waals surface area (Å²) in [5.41, 5.74) is 0.633. The van der Waals surface area contributed by atoms with Crippen molar-refractivity contribution in [2.24, 2.45) is 57.2 Å². The third-order valence-electron chi connectivity index (χ3n) is 18.1. The maximum absolute atomic E-state index is 11.0. The summed E-state index contributed by atoms with van der Waals surface area (Å²) in [5, 5.41) is 11.0. The highest BCUT2D eigenvalue weighted by Crippen LogP contribution is 2.89. The predicted molar refractivity (Wildman–Crippen MR) is 196 cm³/mol. The summed E-state index contributed by atoms with van der Waals surface area (Å²) >= 11 is 0. The van der Waals surface area contributed by atoms with E-state index in [0.717, 1.165) is 61.7 Å². The molecule has 6 saturated carbocycles. The Bertz CT molecular complexity index is 1260. The number of morpholine rings is 1. The van der Waals surface area contributed by atoms with Gasteiger partial charge in [0, 0.05) is 45.4 Å². The van der Waals surface area contributed by atoms with E-state index < -0.39 is 5.60 Å². The van der Waals surface area contributed by atoms with Gasteiger partial charge in [0.05, 0.1) is 30.5 Å². The number of fused-ring (bicyclic) bond motifs is 4. The quantitative estimate of drug-likeness (QED) is 0.275. The van der Waals surface area contributed by atoms with Crippen LogP contribution in [0.1, 0.15) is 126 Å². The molecule has 3 saturated heterocycles. The molecule has 13 unspecified atom stereocenters. The summed E-state index contributed by atoms with van der Waals surface area (Å²) < 4.78 is 26.6. The van der Waals surface area contributed by atoms with Crippen LogP contribution in [0.4, 0.5) is 0 Å². The highest BCUT2D eigenvalue weighted by molar-refractivity contribution is 5.32. The van der Waals surface area contributed by atoms with Gasteiger partial charge in [-0.25, -0.2) is 0 Å². The molecule has 0 radical (unpaired) electrons. The second kappa shape index (κ2) is 12.4. The van der Waals surface area contributed by atoms with Gasteiger partial charge in [0.1, 0.15) is 6.10 Å². The fourth-order valence-electron chi connectivity index (χ4n) is 15.7. The molecule has 9 fully saturated rings. The first-order valence-electron chi connectivity index (χ1n) is 21.6. The lowest BCUT2D eigenvalue weighted by Crippen LogP contribution is -2.59. The van der Waals surface area contributed by atoms with Crippen molar-refractivity contribution in [3.63, 3.8) is 0 Å². The second-order valence-electron chi connectivity index (χ2n) is 20.8. The van der Waals surface area contributed by atoms with E-state index in [-0.39, 0.29) is 30.0 Å². The van der Waals surface area contributed by atoms with Crippen molar-refractivity contribution < 1.29 is 24.1 Å². The Kier molecular flexibility index (Phi) is 8.76. The van der Waals surface area contributed by atoms with Gasteiger partial charge in [-0.2, -0.15) is 0 Å². The number of rotatable bonds is 9. The largest absolute Gasteiger partial charge is 0.388 e. The van der Waals surface area contributed by atoms with Gasteiger partial charge in [-0.05, 0) is 149 Å². The molecule has 0 aromatic heterocycles. The molecular weight excluding hydrogens is 624 g/mol. The zero-order chi connectivity index (χ0) is 34.8. The van der Waals surface area contributed by atoms with E-state index in [1.165, 1.54) is 90.3 Å². The van der Waals surface area contributed by atoms with Crippen molar-refractivity contribution >= 4 is 0 Å². The third kappa shape index (κ3) is 5.11. The monoisotopic (exact) mass is 697 g/mol. The number of nitrogens with zero attached hydrogens (tertiary/aromatic N) is 2. The Hall–Kier alpha value is -0.280. The van der Waals surface area contributed by atoms with Crippen molar-refractivity contribution in [3.8, 4) is 0 Å². The van der Waals surface area contributed by atoms with Crippen molar-refractivity contribution in [2.75, 3.05) is 45.9 Å². The SMILES string of the molecule is CCOC(C1CCC2C(CC3C4CCC5C(C)(C)C(OC6CN(CC7CN(C8CCC8)C7)CCO6)CCC56C(C)C46CCC23C)O1)C(C)(C)O. The molecule has 7 heteroatoms. The molecule has 7 nitrogen and oxygen atoms in total. The zero-order valence-corrected chi connectivity index (χ0v) is 32.8. The number of ether oxygens (including phenoxy) is 4. The van der Waals surface area contributed by atoms with Crippen LogP contribution in [0, 0.1) is 57.2 Å². The molecule has 3 heterocycles. The Labute approximate surface area is 304 Å². The highest BCUT2D eigenvalue weighted by Gasteiger charge is 2.84. The normalized spacial score (nSPS) is 49.8. The molecule has 6 aliphatic carbocycles. The first-order chi connectivity index (χ1) is 23.8. The molecule has 0 amide bonds. The molecule has 1 N–H and O–H groups in total. The first kappa shape index (κ1) is 35.4. The molecular formula is C43H72N2O5. The molecule has 2 spiro atoms. The summed E-state index contributed by atoms with van der Waals surface area (Å²) in [4.78, 5) is 5.39. The topological polar surface area (TPSA) is 63.6 Å². The molecule has 3 aliphatic heterocycles. The van der Waals surface area contributed by atoms with Crippen LogP contribution in [-0.2, 0) is 18.9 Å². The Morgan fingerprint density at radius 1 is 0.900 bits per heavy atom. The van der Waals surface area contributed by atoms with E-state index in [9.17, 15) is 5.11 Å². The maximum atomic E-state index is 11.0. The van der Waals surface area contributed by atoms with Gasteiger partial charge >= 0.3 is 0 Å². The van der Waals surface area contributed by atoms with Crippen LogP contribution >= 0.6 is 0 Å². The summed E-state index contributed by atoms with van der Waals surface area (Å²) in [6, 6.07) is 0.897. The van der Waals surface area contributed by atoms with Crippen molar-refractivity contribution in [1.29, 1.82) is 0 Å². The minimum Gasteiger partial charge on any atom is -0.388 e. The average molecular weight is 697 g/mol. The standard InChI is InChI=1S/C43H72N2O5/c1-8-47-38(40(5,6)46)33-14-12-31-34(49-33)22-32-30-13-15-35-39(3,4)36(16-17-43(35)27(2)42(30,43)19-18-41(31,32)7)50-37-26-44(20-21-48-37)23-28-24-45(25-28)29-10-9-11-29/h27-38,46H,8-26H2,1-7H3. The molecule has 9 aliphatic rings. The van der Waals surface area contributed by atoms with Gasteiger partial charge < -0.3 is 24.1 Å². The summed E-state index contributed by atoms with van der Waals surface area (Å²) in [6.45, 7) is 23.6. The van der Waals surface area contributed by atoms with E-state index >= 15 is 0 Å². The van der Waals surface area contributed by atoms with Crippen LogP contribution in [0.25, 0.3) is 0 Å². The van der Waals surface area contributed by atoms with Crippen LogP contribution in [0.2, 0.25) is 0 Å². The van der Waals surface area contributed by atoms with Gasteiger partial charge in [-0.1, -0.05) is 34.1 Å². The molecule has 0 bridgehead atoms. The third-order valence-corrected chi connectivity index (χ3v) is 18.1. The van der Waals surface area contributed by atoms with E-state index in [1.54, 1.807) is 0 Å². The maximum Gasteiger partial charge on any atom is 0.170 e. The van der Waals surface area contributed by atoms with E-state index in [0.29, 0.717) is 34.9 Å².